The van der Waals surface area contributed by atoms with Crippen molar-refractivity contribution < 1.29 is 14.3 Å². The van der Waals surface area contributed by atoms with Crippen molar-refractivity contribution in [2.24, 2.45) is 11.1 Å². The average Bonchev–Trinajstić information content (AvgIpc) is 2.66. The van der Waals surface area contributed by atoms with Crippen molar-refractivity contribution >= 4 is 17.3 Å². The van der Waals surface area contributed by atoms with E-state index < -0.39 is 0 Å². The van der Waals surface area contributed by atoms with E-state index in [1.807, 2.05) is 25.1 Å². The van der Waals surface area contributed by atoms with Gasteiger partial charge in [-0.15, -0.1) is 4.91 Å². The quantitative estimate of drug-likeness (QED) is 0.507. The molecule has 1 fully saturated rings. The van der Waals surface area contributed by atoms with Crippen LogP contribution >= 0.6 is 0 Å². The molecule has 144 valence electrons. The molecule has 6 nitrogen and oxygen atoms in total. The van der Waals surface area contributed by atoms with Gasteiger partial charge in [0, 0.05) is 25.8 Å². The van der Waals surface area contributed by atoms with E-state index in [-0.39, 0.29) is 18.3 Å². The molecule has 0 spiro atoms. The Hall–Kier alpha value is -1.95. The van der Waals surface area contributed by atoms with Crippen LogP contribution in [0.2, 0.25) is 0 Å². The molecular weight excluding hydrogens is 332 g/mol. The Balaban J connectivity index is 2.29. The van der Waals surface area contributed by atoms with Crippen LogP contribution in [0.1, 0.15) is 51.5 Å². The topological polar surface area (TPSA) is 68.2 Å². The van der Waals surface area contributed by atoms with E-state index in [1.54, 1.807) is 0 Å². The summed E-state index contributed by atoms with van der Waals surface area (Å²) < 4.78 is 10.2. The maximum atomic E-state index is 11.6. The zero-order chi connectivity index (χ0) is 19.1. The monoisotopic (exact) mass is 362 g/mol. The van der Waals surface area contributed by atoms with E-state index >= 15 is 0 Å². The highest BCUT2D eigenvalue weighted by Gasteiger charge is 2.25. The molecule has 6 heteroatoms. The Bertz CT molecular complexity index is 612. The molecule has 26 heavy (non-hydrogen) atoms. The summed E-state index contributed by atoms with van der Waals surface area (Å²) >= 11 is 0. The predicted octanol–water partition coefficient (Wildman–Crippen LogP) is 4.39. The van der Waals surface area contributed by atoms with E-state index in [2.05, 4.69) is 23.9 Å². The maximum absolute atomic E-state index is 11.6. The average molecular weight is 362 g/mol. The van der Waals surface area contributed by atoms with Crippen LogP contribution in [0.3, 0.4) is 0 Å². The highest BCUT2D eigenvalue weighted by molar-refractivity contribution is 5.72. The van der Waals surface area contributed by atoms with Gasteiger partial charge >= 0.3 is 5.97 Å². The van der Waals surface area contributed by atoms with Gasteiger partial charge in [0.1, 0.15) is 5.69 Å². The fraction of sp³-hybridized carbons (Fsp3) is 0.650. The van der Waals surface area contributed by atoms with Crippen molar-refractivity contribution in [3.05, 3.63) is 28.7 Å². The van der Waals surface area contributed by atoms with Gasteiger partial charge in [-0.3, -0.25) is 4.79 Å². The molecule has 0 aliphatic carbocycles. The molecule has 1 atom stereocenters. The second-order valence-corrected chi connectivity index (χ2v) is 7.41. The number of methoxy groups -OCH3 is 1. The molecule has 0 bridgehead atoms. The summed E-state index contributed by atoms with van der Waals surface area (Å²) in [4.78, 5) is 25.4. The van der Waals surface area contributed by atoms with Crippen molar-refractivity contribution in [2.75, 3.05) is 31.8 Å². The van der Waals surface area contributed by atoms with Gasteiger partial charge in [0.15, 0.2) is 0 Å². The predicted molar refractivity (Wildman–Crippen MR) is 103 cm³/mol. The van der Waals surface area contributed by atoms with Crippen molar-refractivity contribution in [1.29, 1.82) is 0 Å². The summed E-state index contributed by atoms with van der Waals surface area (Å²) in [5, 5.41) is 3.30. The minimum absolute atomic E-state index is 0.0290. The lowest BCUT2D eigenvalue weighted by Crippen LogP contribution is -2.41. The summed E-state index contributed by atoms with van der Waals surface area (Å²) in [5.74, 6) is 0.180. The number of esters is 1. The Morgan fingerprint density at radius 1 is 1.31 bits per heavy atom. The van der Waals surface area contributed by atoms with Gasteiger partial charge in [-0.1, -0.05) is 26.8 Å². The highest BCUT2D eigenvalue weighted by Crippen LogP contribution is 2.36. The number of anilines is 1. The number of ether oxygens (including phenoxy) is 2. The molecule has 2 rings (SSSR count). The molecule has 0 aromatic heterocycles. The molecule has 0 saturated carbocycles. The lowest BCUT2D eigenvalue weighted by atomic mass is 9.96. The van der Waals surface area contributed by atoms with E-state index in [0.717, 1.165) is 43.9 Å². The van der Waals surface area contributed by atoms with Gasteiger partial charge in [-0.2, -0.15) is 0 Å². The number of nitrogens with zero attached hydrogens (tertiary/aromatic N) is 2. The molecule has 1 aromatic rings. The molecule has 0 radical (unpaired) electrons. The van der Waals surface area contributed by atoms with Crippen LogP contribution in [-0.2, 0) is 14.3 Å². The van der Waals surface area contributed by atoms with E-state index in [4.69, 9.17) is 9.47 Å². The molecule has 1 heterocycles. The molecule has 0 unspecified atom stereocenters. The summed E-state index contributed by atoms with van der Waals surface area (Å²) in [7, 11) is 1.38. The van der Waals surface area contributed by atoms with Crippen molar-refractivity contribution in [3.8, 4) is 0 Å². The van der Waals surface area contributed by atoms with Crippen molar-refractivity contribution in [2.45, 2.75) is 52.0 Å². The van der Waals surface area contributed by atoms with Crippen LogP contribution < -0.4 is 4.90 Å². The van der Waals surface area contributed by atoms with Crippen molar-refractivity contribution in [3.63, 3.8) is 0 Å². The van der Waals surface area contributed by atoms with Gasteiger partial charge in [0.25, 0.3) is 0 Å². The third-order valence-electron chi connectivity index (χ3n) is 4.87. The van der Waals surface area contributed by atoms with E-state index in [0.29, 0.717) is 17.6 Å². The fourth-order valence-electron chi connectivity index (χ4n) is 3.45. The van der Waals surface area contributed by atoms with Gasteiger partial charge in [-0.25, -0.2) is 0 Å². The van der Waals surface area contributed by atoms with Gasteiger partial charge in [0.2, 0.25) is 0 Å². The number of nitroso groups, excluding NO2 is 1. The highest BCUT2D eigenvalue weighted by atomic mass is 16.5. The zero-order valence-corrected chi connectivity index (χ0v) is 16.2. The number of hydrogen-bond donors (Lipinski definition) is 0. The first-order chi connectivity index (χ1) is 12.5. The second-order valence-electron chi connectivity index (χ2n) is 7.41. The lowest BCUT2D eigenvalue weighted by Gasteiger charge is -2.37. The Labute approximate surface area is 155 Å². The first-order valence-electron chi connectivity index (χ1n) is 9.34. The second kappa shape index (κ2) is 9.67. The first kappa shape index (κ1) is 20.4. The smallest absolute Gasteiger partial charge is 0.306 e. The number of benzene rings is 1. The normalized spacial score (nSPS) is 16.3. The van der Waals surface area contributed by atoms with Crippen LogP contribution in [0, 0.1) is 10.8 Å². The number of carbonyl (C=O) groups is 1. The lowest BCUT2D eigenvalue weighted by molar-refractivity contribution is -0.140. The molecule has 1 saturated heterocycles. The minimum atomic E-state index is -0.258. The molecular formula is C20H30N2O4. The minimum Gasteiger partial charge on any atom is -0.469 e. The standard InChI is InChI=1S/C20H30N2O4/c1-14(2)13-22(17-7-9-26-10-8-17)19-6-5-16(12-18(19)21-24)15(3)11-20(23)25-4/h5-6,12,14-15,17H,7-11,13H2,1-4H3/t15-/m1/s1. The fourth-order valence-corrected chi connectivity index (χ4v) is 3.45. The number of carbonyl (C=O) groups excluding carboxylic acids is 1. The van der Waals surface area contributed by atoms with Gasteiger partial charge in [0.05, 0.1) is 19.2 Å². The third kappa shape index (κ3) is 5.27. The number of rotatable bonds is 8. The molecule has 0 N–H and O–H groups in total. The van der Waals surface area contributed by atoms with Gasteiger partial charge in [-0.05, 0) is 47.6 Å². The SMILES string of the molecule is COC(=O)C[C@@H](C)c1ccc(N(CC(C)C)C2CCOCC2)c(N=O)c1. The van der Waals surface area contributed by atoms with Gasteiger partial charge < -0.3 is 14.4 Å². The van der Waals surface area contributed by atoms with Crippen LogP contribution in [0.15, 0.2) is 23.4 Å². The summed E-state index contributed by atoms with van der Waals surface area (Å²) in [6.45, 7) is 8.66. The zero-order valence-electron chi connectivity index (χ0n) is 16.2. The molecule has 1 aromatic carbocycles. The van der Waals surface area contributed by atoms with E-state index in [9.17, 15) is 9.70 Å². The summed E-state index contributed by atoms with van der Waals surface area (Å²) in [5.41, 5.74) is 2.23. The van der Waals surface area contributed by atoms with Crippen LogP contribution in [-0.4, -0.2) is 38.9 Å². The largest absolute Gasteiger partial charge is 0.469 e. The Kier molecular flexibility index (Phi) is 7.57. The first-order valence-corrected chi connectivity index (χ1v) is 9.34. The van der Waals surface area contributed by atoms with Crippen LogP contribution in [0.25, 0.3) is 0 Å². The van der Waals surface area contributed by atoms with E-state index in [1.165, 1.54) is 7.11 Å². The third-order valence-corrected chi connectivity index (χ3v) is 4.87. The van der Waals surface area contributed by atoms with Crippen LogP contribution in [0.5, 0.6) is 0 Å². The summed E-state index contributed by atoms with van der Waals surface area (Å²) in [6.07, 6.45) is 2.18. The molecule has 0 amide bonds. The Morgan fingerprint density at radius 3 is 2.58 bits per heavy atom. The maximum Gasteiger partial charge on any atom is 0.306 e. The van der Waals surface area contributed by atoms with Crippen molar-refractivity contribution in [1.82, 2.24) is 0 Å². The van der Waals surface area contributed by atoms with Crippen LogP contribution in [0.4, 0.5) is 11.4 Å². The summed E-state index contributed by atoms with van der Waals surface area (Å²) in [6, 6.07) is 6.12. The molecule has 1 aliphatic rings. The number of hydrogen-bond acceptors (Lipinski definition) is 6. The molecule has 1 aliphatic heterocycles. The Morgan fingerprint density at radius 2 is 2.00 bits per heavy atom.